The monoisotopic (exact) mass is 740 g/mol. The number of fused-ring (bicyclic) bond motifs is 11. The van der Waals surface area contributed by atoms with Crippen molar-refractivity contribution >= 4 is 60.0 Å². The van der Waals surface area contributed by atoms with E-state index in [1.54, 1.807) is 0 Å². The first-order valence-electron chi connectivity index (χ1n) is 19.5. The van der Waals surface area contributed by atoms with Crippen LogP contribution in [0.3, 0.4) is 0 Å². The second kappa shape index (κ2) is 12.8. The Kier molecular flexibility index (Phi) is 7.16. The van der Waals surface area contributed by atoms with Gasteiger partial charge in [0.15, 0.2) is 17.5 Å². The molecule has 0 saturated carbocycles. The Hall–Kier alpha value is -7.89. The Morgan fingerprint density at radius 3 is 1.76 bits per heavy atom. The zero-order valence-corrected chi connectivity index (χ0v) is 31.2. The minimum atomic E-state index is 0.597. The number of pyridine rings is 1. The third-order valence-electron chi connectivity index (χ3n) is 11.4. The number of para-hydroxylation sites is 2. The summed E-state index contributed by atoms with van der Waals surface area (Å²) in [6.07, 6.45) is 0. The van der Waals surface area contributed by atoms with Crippen molar-refractivity contribution < 1.29 is 4.42 Å². The van der Waals surface area contributed by atoms with E-state index in [4.69, 9.17) is 19.4 Å². The minimum Gasteiger partial charge on any atom is -0.456 e. The highest BCUT2D eigenvalue weighted by molar-refractivity contribution is 6.22. The number of hydrogen-bond donors (Lipinski definition) is 0. The lowest BCUT2D eigenvalue weighted by Gasteiger charge is -2.12. The van der Waals surface area contributed by atoms with Crippen LogP contribution in [0.25, 0.3) is 116 Å². The molecule has 0 aliphatic heterocycles. The summed E-state index contributed by atoms with van der Waals surface area (Å²) in [5.41, 5.74) is 12.5. The van der Waals surface area contributed by atoms with Crippen molar-refractivity contribution in [2.75, 3.05) is 0 Å². The van der Waals surface area contributed by atoms with Crippen molar-refractivity contribution in [1.82, 2.24) is 19.4 Å². The number of rotatable bonds is 5. The van der Waals surface area contributed by atoms with Gasteiger partial charge < -0.3 is 8.82 Å². The average molecular weight is 741 g/mol. The molecule has 270 valence electrons. The molecule has 12 rings (SSSR count). The normalized spacial score (nSPS) is 11.8. The maximum atomic E-state index is 6.26. The predicted molar refractivity (Wildman–Crippen MR) is 238 cm³/mol. The average Bonchev–Trinajstić information content (AvgIpc) is 3.86. The van der Waals surface area contributed by atoms with E-state index in [1.807, 2.05) is 60.7 Å². The zero-order valence-electron chi connectivity index (χ0n) is 31.2. The number of hydrogen-bond acceptors (Lipinski definition) is 4. The summed E-state index contributed by atoms with van der Waals surface area (Å²) < 4.78 is 8.73. The second-order valence-electron chi connectivity index (χ2n) is 14.7. The van der Waals surface area contributed by atoms with E-state index < -0.39 is 0 Å². The van der Waals surface area contributed by atoms with Crippen LogP contribution in [0.15, 0.2) is 199 Å². The van der Waals surface area contributed by atoms with Gasteiger partial charge in [-0.3, -0.25) is 0 Å². The molecule has 0 saturated heterocycles. The molecule has 0 radical (unpaired) electrons. The van der Waals surface area contributed by atoms with Gasteiger partial charge >= 0.3 is 0 Å². The SMILES string of the molecule is c1ccc(-c2nc(-c3cccc(-c4ccc5c(-c6ccccc6)c6c7ccccc7c7ccccc7n6c5c4)c3)nc(-c3cccc4oc5ccccc5c34)n2)cc1. The van der Waals surface area contributed by atoms with Gasteiger partial charge in [-0.1, -0.05) is 164 Å². The van der Waals surface area contributed by atoms with E-state index in [1.165, 1.54) is 43.7 Å². The van der Waals surface area contributed by atoms with Crippen LogP contribution in [0.4, 0.5) is 0 Å². The van der Waals surface area contributed by atoms with Crippen molar-refractivity contribution in [3.63, 3.8) is 0 Å². The molecule has 0 amide bonds. The van der Waals surface area contributed by atoms with Gasteiger partial charge in [0.25, 0.3) is 0 Å². The first kappa shape index (κ1) is 32.4. The fourth-order valence-corrected chi connectivity index (χ4v) is 8.83. The van der Waals surface area contributed by atoms with Crippen molar-refractivity contribution in [2.45, 2.75) is 0 Å². The smallest absolute Gasteiger partial charge is 0.164 e. The highest BCUT2D eigenvalue weighted by Gasteiger charge is 2.21. The van der Waals surface area contributed by atoms with Crippen LogP contribution >= 0.6 is 0 Å². The van der Waals surface area contributed by atoms with Gasteiger partial charge in [-0.2, -0.15) is 0 Å². The Balaban J connectivity index is 1.07. The van der Waals surface area contributed by atoms with Gasteiger partial charge in [0, 0.05) is 49.2 Å². The van der Waals surface area contributed by atoms with Crippen LogP contribution in [-0.2, 0) is 0 Å². The summed E-state index contributed by atoms with van der Waals surface area (Å²) in [5, 5.41) is 6.95. The first-order valence-corrected chi connectivity index (χ1v) is 19.5. The van der Waals surface area contributed by atoms with Crippen LogP contribution in [0, 0.1) is 0 Å². The molecular weight excluding hydrogens is 709 g/mol. The summed E-state index contributed by atoms with van der Waals surface area (Å²) in [6, 6.07) is 68.1. The Labute approximate surface area is 333 Å². The zero-order chi connectivity index (χ0) is 38.2. The third-order valence-corrected chi connectivity index (χ3v) is 11.4. The number of nitrogens with zero attached hydrogens (tertiary/aromatic N) is 4. The standard InChI is InChI=1S/C53H32N4O/c1-3-15-33(16-4-1)48-41-30-29-36(32-45(41)57-44-26-11-9-22-39(44)38-21-7-8-23-40(38)50(48)57)35-19-13-20-37(31-35)52-54-51(34-17-5-2-6-18-34)55-53(56-52)43-25-14-28-47-49(43)42-24-10-12-27-46(42)58-47/h1-32H. The van der Waals surface area contributed by atoms with Gasteiger partial charge in [0.05, 0.1) is 16.6 Å². The quantitative estimate of drug-likeness (QED) is 0.165. The van der Waals surface area contributed by atoms with Gasteiger partial charge in [-0.15, -0.1) is 0 Å². The van der Waals surface area contributed by atoms with Crippen LogP contribution < -0.4 is 0 Å². The van der Waals surface area contributed by atoms with Crippen molar-refractivity contribution in [2.24, 2.45) is 0 Å². The fourth-order valence-electron chi connectivity index (χ4n) is 8.83. The molecule has 5 nitrogen and oxygen atoms in total. The molecule has 0 fully saturated rings. The fraction of sp³-hybridized carbons (Fsp3) is 0. The molecule has 0 atom stereocenters. The van der Waals surface area contributed by atoms with Gasteiger partial charge in [0.1, 0.15) is 11.2 Å². The summed E-state index contributed by atoms with van der Waals surface area (Å²) in [4.78, 5) is 15.4. The summed E-state index contributed by atoms with van der Waals surface area (Å²) in [6.45, 7) is 0. The molecule has 0 aliphatic rings. The van der Waals surface area contributed by atoms with E-state index in [0.29, 0.717) is 17.5 Å². The summed E-state index contributed by atoms with van der Waals surface area (Å²) in [5.74, 6) is 1.82. The van der Waals surface area contributed by atoms with E-state index >= 15 is 0 Å². The Bertz CT molecular complexity index is 3570. The Morgan fingerprint density at radius 2 is 0.931 bits per heavy atom. The van der Waals surface area contributed by atoms with Crippen LogP contribution in [0.5, 0.6) is 0 Å². The van der Waals surface area contributed by atoms with Crippen molar-refractivity contribution in [1.29, 1.82) is 0 Å². The largest absolute Gasteiger partial charge is 0.456 e. The molecular formula is C53H32N4O. The van der Waals surface area contributed by atoms with E-state index in [2.05, 4.69) is 138 Å². The lowest BCUT2D eigenvalue weighted by atomic mass is 9.97. The van der Waals surface area contributed by atoms with Gasteiger partial charge in [0.2, 0.25) is 0 Å². The molecule has 0 bridgehead atoms. The van der Waals surface area contributed by atoms with Gasteiger partial charge in [-0.25, -0.2) is 15.0 Å². The van der Waals surface area contributed by atoms with E-state index in [0.717, 1.165) is 55.3 Å². The molecule has 0 N–H and O–H groups in total. The molecule has 0 aliphatic carbocycles. The molecule has 58 heavy (non-hydrogen) atoms. The number of furan rings is 1. The number of aromatic nitrogens is 4. The predicted octanol–water partition coefficient (Wildman–Crippen LogP) is 13.8. The maximum Gasteiger partial charge on any atom is 0.164 e. The van der Waals surface area contributed by atoms with Crippen LogP contribution in [-0.4, -0.2) is 19.4 Å². The summed E-state index contributed by atoms with van der Waals surface area (Å²) in [7, 11) is 0. The topological polar surface area (TPSA) is 56.2 Å². The van der Waals surface area contributed by atoms with Gasteiger partial charge in [-0.05, 0) is 52.4 Å². The second-order valence-corrected chi connectivity index (χ2v) is 14.7. The lowest BCUT2D eigenvalue weighted by Crippen LogP contribution is -2.00. The van der Waals surface area contributed by atoms with E-state index in [9.17, 15) is 0 Å². The van der Waals surface area contributed by atoms with Crippen LogP contribution in [0.1, 0.15) is 0 Å². The molecule has 0 spiro atoms. The van der Waals surface area contributed by atoms with Crippen molar-refractivity contribution in [3.05, 3.63) is 194 Å². The van der Waals surface area contributed by atoms with Crippen molar-refractivity contribution in [3.8, 4) is 56.4 Å². The van der Waals surface area contributed by atoms with E-state index in [-0.39, 0.29) is 0 Å². The highest BCUT2D eigenvalue weighted by atomic mass is 16.3. The maximum absolute atomic E-state index is 6.26. The Morgan fingerprint density at radius 1 is 0.345 bits per heavy atom. The molecule has 0 unspecified atom stereocenters. The lowest BCUT2D eigenvalue weighted by molar-refractivity contribution is 0.669. The molecule has 5 heteroatoms. The highest BCUT2D eigenvalue weighted by Crippen LogP contribution is 2.44. The third kappa shape index (κ3) is 5.00. The van der Waals surface area contributed by atoms with Crippen LogP contribution in [0.2, 0.25) is 0 Å². The molecule has 4 heterocycles. The summed E-state index contributed by atoms with van der Waals surface area (Å²) >= 11 is 0. The molecule has 12 aromatic rings. The molecule has 8 aromatic carbocycles. The number of benzene rings is 8. The molecule has 4 aromatic heterocycles. The first-order chi connectivity index (χ1) is 28.8. The minimum absolute atomic E-state index is 0.597.